The quantitative estimate of drug-likeness (QED) is 0.655. The van der Waals surface area contributed by atoms with Gasteiger partial charge in [0.15, 0.2) is 0 Å². The number of aryl methyl sites for hydroxylation is 1. The van der Waals surface area contributed by atoms with Crippen LogP contribution >= 0.6 is 11.8 Å². The fourth-order valence-corrected chi connectivity index (χ4v) is 5.03. The lowest BCUT2D eigenvalue weighted by Gasteiger charge is -2.20. The highest BCUT2D eigenvalue weighted by atomic mass is 32.2. The van der Waals surface area contributed by atoms with Crippen LogP contribution in [0.4, 0.5) is 5.69 Å². The minimum atomic E-state index is -3.71. The second-order valence-electron chi connectivity index (χ2n) is 7.96. The molecule has 30 heavy (non-hydrogen) atoms. The van der Waals surface area contributed by atoms with Gasteiger partial charge >= 0.3 is 0 Å². The molecule has 9 heteroatoms. The van der Waals surface area contributed by atoms with Crippen LogP contribution in [0.2, 0.25) is 0 Å². The number of carbonyl (C=O) groups is 1. The largest absolute Gasteiger partial charge is 0.325 e. The molecule has 1 heterocycles. The summed E-state index contributed by atoms with van der Waals surface area (Å²) in [5.41, 5.74) is 2.86. The van der Waals surface area contributed by atoms with Crippen molar-refractivity contribution in [3.8, 4) is 6.07 Å². The fourth-order valence-electron chi connectivity index (χ4n) is 2.68. The van der Waals surface area contributed by atoms with Gasteiger partial charge in [0.25, 0.3) is 0 Å². The van der Waals surface area contributed by atoms with E-state index in [9.17, 15) is 18.5 Å². The Bertz CT molecular complexity index is 1110. The molecule has 0 aliphatic carbocycles. The Morgan fingerprint density at radius 3 is 2.47 bits per heavy atom. The molecule has 1 aromatic heterocycles. The molecule has 160 valence electrons. The number of pyridine rings is 1. The van der Waals surface area contributed by atoms with Gasteiger partial charge in [0, 0.05) is 16.9 Å². The van der Waals surface area contributed by atoms with Crippen molar-refractivity contribution in [2.45, 2.75) is 57.0 Å². The molecule has 0 saturated carbocycles. The molecule has 0 atom stereocenters. The number of nitrogens with one attached hydrogen (secondary N) is 2. The minimum absolute atomic E-state index is 0.0425. The van der Waals surface area contributed by atoms with Crippen molar-refractivity contribution in [3.05, 3.63) is 46.6 Å². The summed E-state index contributed by atoms with van der Waals surface area (Å²) in [6, 6.07) is 8.24. The number of aromatic nitrogens is 1. The molecule has 1 amide bonds. The summed E-state index contributed by atoms with van der Waals surface area (Å²) in [5, 5.41) is 12.7. The van der Waals surface area contributed by atoms with Crippen LogP contribution in [-0.4, -0.2) is 30.6 Å². The van der Waals surface area contributed by atoms with Crippen molar-refractivity contribution in [3.63, 3.8) is 0 Å². The van der Waals surface area contributed by atoms with Crippen molar-refractivity contribution < 1.29 is 13.2 Å². The molecule has 0 spiro atoms. The summed E-state index contributed by atoms with van der Waals surface area (Å²) in [7, 11) is -3.71. The fraction of sp³-hybridized carbons (Fsp3) is 0.381. The van der Waals surface area contributed by atoms with Crippen molar-refractivity contribution in [1.29, 1.82) is 5.26 Å². The zero-order valence-electron chi connectivity index (χ0n) is 18.0. The third-order valence-corrected chi connectivity index (χ3v) is 7.01. The smallest absolute Gasteiger partial charge is 0.241 e. The SMILES string of the molecule is Cc1nc(SCC(=O)Nc2cccc(S(=O)(=O)NC(C)(C)C)c2)c(C#N)c(C)c1C. The first-order valence-corrected chi connectivity index (χ1v) is 11.8. The molecule has 0 aliphatic heterocycles. The normalized spacial score (nSPS) is 11.8. The molecule has 0 fully saturated rings. The predicted octanol–water partition coefficient (Wildman–Crippen LogP) is 3.69. The van der Waals surface area contributed by atoms with E-state index in [1.165, 1.54) is 23.9 Å². The number of carbonyl (C=O) groups excluding carboxylic acids is 1. The van der Waals surface area contributed by atoms with E-state index in [-0.39, 0.29) is 16.6 Å². The monoisotopic (exact) mass is 446 g/mol. The zero-order valence-corrected chi connectivity index (χ0v) is 19.6. The lowest BCUT2D eigenvalue weighted by Crippen LogP contribution is -2.40. The van der Waals surface area contributed by atoms with Crippen LogP contribution in [-0.2, 0) is 14.8 Å². The molecule has 0 bridgehead atoms. The summed E-state index contributed by atoms with van der Waals surface area (Å²) in [6.07, 6.45) is 0. The second-order valence-corrected chi connectivity index (χ2v) is 10.6. The first kappa shape index (κ1) is 23.9. The van der Waals surface area contributed by atoms with Crippen LogP contribution in [0, 0.1) is 32.1 Å². The molecular weight excluding hydrogens is 420 g/mol. The van der Waals surface area contributed by atoms with Gasteiger partial charge < -0.3 is 5.32 Å². The maximum Gasteiger partial charge on any atom is 0.241 e. The zero-order chi connectivity index (χ0) is 22.7. The van der Waals surface area contributed by atoms with Gasteiger partial charge in [-0.25, -0.2) is 18.1 Å². The number of rotatable bonds is 6. The van der Waals surface area contributed by atoms with Gasteiger partial charge in [-0.2, -0.15) is 5.26 Å². The lowest BCUT2D eigenvalue weighted by molar-refractivity contribution is -0.113. The van der Waals surface area contributed by atoms with Crippen molar-refractivity contribution >= 4 is 33.4 Å². The standard InChI is InChI=1S/C21H26N4O3S2/c1-13-14(2)18(11-22)20(23-15(13)3)29-12-19(26)24-16-8-7-9-17(10-16)30(27,28)25-21(4,5)6/h7-10,25H,12H2,1-6H3,(H,24,26). The number of nitrogens with zero attached hydrogens (tertiary/aromatic N) is 2. The van der Waals surface area contributed by atoms with Crippen LogP contribution in [0.1, 0.15) is 43.2 Å². The van der Waals surface area contributed by atoms with Gasteiger partial charge in [-0.15, -0.1) is 0 Å². The molecule has 2 N–H and O–H groups in total. The van der Waals surface area contributed by atoms with Gasteiger partial charge in [0.05, 0.1) is 16.2 Å². The summed E-state index contributed by atoms with van der Waals surface area (Å²) in [5.74, 6) is -0.277. The van der Waals surface area contributed by atoms with Crippen molar-refractivity contribution in [2.24, 2.45) is 0 Å². The van der Waals surface area contributed by atoms with Crippen LogP contribution < -0.4 is 10.0 Å². The van der Waals surface area contributed by atoms with E-state index in [2.05, 4.69) is 21.1 Å². The number of thioether (sulfide) groups is 1. The number of sulfonamides is 1. The Morgan fingerprint density at radius 1 is 1.20 bits per heavy atom. The van der Waals surface area contributed by atoms with Crippen LogP contribution in [0.5, 0.6) is 0 Å². The summed E-state index contributed by atoms with van der Waals surface area (Å²) >= 11 is 1.18. The van der Waals surface area contributed by atoms with Gasteiger partial charge in [-0.1, -0.05) is 17.8 Å². The highest BCUT2D eigenvalue weighted by Crippen LogP contribution is 2.26. The third-order valence-electron chi connectivity index (χ3n) is 4.28. The maximum absolute atomic E-state index is 12.5. The van der Waals surface area contributed by atoms with Gasteiger partial charge in [0.1, 0.15) is 11.1 Å². The lowest BCUT2D eigenvalue weighted by atomic mass is 10.1. The highest BCUT2D eigenvalue weighted by Gasteiger charge is 2.22. The van der Waals surface area contributed by atoms with Crippen molar-refractivity contribution in [1.82, 2.24) is 9.71 Å². The third kappa shape index (κ3) is 6.05. The van der Waals surface area contributed by atoms with Gasteiger partial charge in [-0.3, -0.25) is 4.79 Å². The van der Waals surface area contributed by atoms with Crippen LogP contribution in [0.25, 0.3) is 0 Å². The number of anilines is 1. The Labute approximate surface area is 182 Å². The van der Waals surface area contributed by atoms with Gasteiger partial charge in [0.2, 0.25) is 15.9 Å². The first-order valence-electron chi connectivity index (χ1n) is 9.28. The highest BCUT2D eigenvalue weighted by molar-refractivity contribution is 8.00. The van der Waals surface area contributed by atoms with Crippen molar-refractivity contribution in [2.75, 3.05) is 11.1 Å². The van der Waals surface area contributed by atoms with E-state index in [0.717, 1.165) is 16.8 Å². The number of amides is 1. The number of hydrogen-bond donors (Lipinski definition) is 2. The van der Waals surface area contributed by atoms with E-state index in [4.69, 9.17) is 0 Å². The average Bonchev–Trinajstić information content (AvgIpc) is 2.63. The number of benzene rings is 1. The Balaban J connectivity index is 2.13. The molecule has 0 aliphatic rings. The number of nitriles is 1. The molecule has 2 aromatic rings. The summed E-state index contributed by atoms with van der Waals surface area (Å²) in [4.78, 5) is 16.9. The van der Waals surface area contributed by atoms with Gasteiger partial charge in [-0.05, 0) is 70.9 Å². The summed E-state index contributed by atoms with van der Waals surface area (Å²) in [6.45, 7) is 10.9. The summed E-state index contributed by atoms with van der Waals surface area (Å²) < 4.78 is 27.6. The van der Waals surface area contributed by atoms with E-state index in [1.54, 1.807) is 32.9 Å². The van der Waals surface area contributed by atoms with Crippen LogP contribution in [0.15, 0.2) is 34.2 Å². The molecule has 1 aromatic carbocycles. The Morgan fingerprint density at radius 2 is 1.87 bits per heavy atom. The van der Waals surface area contributed by atoms with E-state index < -0.39 is 15.6 Å². The Hall–Kier alpha value is -2.41. The molecule has 0 unspecified atom stereocenters. The molecule has 2 rings (SSSR count). The Kier molecular flexibility index (Phi) is 7.29. The molecule has 7 nitrogen and oxygen atoms in total. The van der Waals surface area contributed by atoms with E-state index in [0.29, 0.717) is 16.3 Å². The average molecular weight is 447 g/mol. The topological polar surface area (TPSA) is 112 Å². The molecular formula is C21H26N4O3S2. The van der Waals surface area contributed by atoms with E-state index >= 15 is 0 Å². The number of hydrogen-bond acceptors (Lipinski definition) is 6. The minimum Gasteiger partial charge on any atom is -0.325 e. The molecule has 0 radical (unpaired) electrons. The molecule has 0 saturated heterocycles. The maximum atomic E-state index is 12.5. The second kappa shape index (κ2) is 9.16. The van der Waals surface area contributed by atoms with Crippen LogP contribution in [0.3, 0.4) is 0 Å². The predicted molar refractivity (Wildman–Crippen MR) is 119 cm³/mol. The van der Waals surface area contributed by atoms with E-state index in [1.807, 2.05) is 20.8 Å². The first-order chi connectivity index (χ1) is 13.8.